The quantitative estimate of drug-likeness (QED) is 0.741. The van der Waals surface area contributed by atoms with Gasteiger partial charge in [-0.25, -0.2) is 0 Å². The predicted molar refractivity (Wildman–Crippen MR) is 49.9 cm³/mol. The molecular formula is C9H9F3N2O3. The number of halogens is 3. The Kier molecular flexibility index (Phi) is 3.05. The van der Waals surface area contributed by atoms with Crippen molar-refractivity contribution in [2.75, 3.05) is 31.2 Å². The minimum Gasteiger partial charge on any atom is -0.420 e. The molecular weight excluding hydrogens is 241 g/mol. The summed E-state index contributed by atoms with van der Waals surface area (Å²) in [7, 11) is 0. The minimum atomic E-state index is -4.69. The molecule has 5 nitrogen and oxygen atoms in total. The molecule has 0 unspecified atom stereocenters. The summed E-state index contributed by atoms with van der Waals surface area (Å²) in [6, 6.07) is -0.192. The lowest BCUT2D eigenvalue weighted by Crippen LogP contribution is -2.36. The van der Waals surface area contributed by atoms with Gasteiger partial charge in [0.2, 0.25) is 5.76 Å². The van der Waals surface area contributed by atoms with Crippen LogP contribution in [0.5, 0.6) is 0 Å². The summed E-state index contributed by atoms with van der Waals surface area (Å²) in [4.78, 5) is 15.3. The Morgan fingerprint density at radius 3 is 2.41 bits per heavy atom. The molecule has 94 valence electrons. The van der Waals surface area contributed by atoms with Crippen LogP contribution >= 0.6 is 0 Å². The Morgan fingerprint density at radius 2 is 1.94 bits per heavy atom. The van der Waals surface area contributed by atoms with Crippen LogP contribution in [0, 0.1) is 0 Å². The van der Waals surface area contributed by atoms with Crippen molar-refractivity contribution in [1.82, 2.24) is 4.98 Å². The first-order chi connectivity index (χ1) is 8.02. The minimum absolute atomic E-state index is 0.0137. The number of nitrogens with zero attached hydrogens (tertiary/aromatic N) is 2. The summed E-state index contributed by atoms with van der Waals surface area (Å²) in [5.41, 5.74) is -1.28. The first-order valence-electron chi connectivity index (χ1n) is 4.88. The fourth-order valence-corrected chi connectivity index (χ4v) is 1.49. The SMILES string of the molecule is O=Cc1oc(N2CCOCC2)nc1C(F)(F)F. The van der Waals surface area contributed by atoms with E-state index < -0.39 is 17.6 Å². The fourth-order valence-electron chi connectivity index (χ4n) is 1.49. The summed E-state index contributed by atoms with van der Waals surface area (Å²) in [5.74, 6) is -0.793. The molecule has 0 bridgehead atoms. The van der Waals surface area contributed by atoms with Crippen LogP contribution in [0.15, 0.2) is 4.42 Å². The van der Waals surface area contributed by atoms with Crippen LogP contribution in [0.3, 0.4) is 0 Å². The van der Waals surface area contributed by atoms with Gasteiger partial charge in [-0.3, -0.25) is 4.79 Å². The Bertz CT molecular complexity index is 410. The van der Waals surface area contributed by atoms with E-state index in [2.05, 4.69) is 4.98 Å². The van der Waals surface area contributed by atoms with E-state index in [1.54, 1.807) is 0 Å². The number of morpholine rings is 1. The van der Waals surface area contributed by atoms with Crippen molar-refractivity contribution in [3.63, 3.8) is 0 Å². The summed E-state index contributed by atoms with van der Waals surface area (Å²) in [5, 5.41) is 0. The molecule has 1 aromatic heterocycles. The summed E-state index contributed by atoms with van der Waals surface area (Å²) in [6.45, 7) is 1.55. The number of rotatable bonds is 2. The summed E-state index contributed by atoms with van der Waals surface area (Å²) >= 11 is 0. The highest BCUT2D eigenvalue weighted by molar-refractivity contribution is 5.73. The van der Waals surface area contributed by atoms with Crippen molar-refractivity contribution in [2.45, 2.75) is 6.18 Å². The highest BCUT2D eigenvalue weighted by atomic mass is 19.4. The molecule has 0 radical (unpaired) electrons. The van der Waals surface area contributed by atoms with Crippen LogP contribution in [-0.4, -0.2) is 37.6 Å². The van der Waals surface area contributed by atoms with Crippen molar-refractivity contribution in [1.29, 1.82) is 0 Å². The Labute approximate surface area is 94.2 Å². The van der Waals surface area contributed by atoms with Crippen molar-refractivity contribution < 1.29 is 27.1 Å². The largest absolute Gasteiger partial charge is 0.437 e. The summed E-state index contributed by atoms with van der Waals surface area (Å²) < 4.78 is 47.3. The third-order valence-electron chi connectivity index (χ3n) is 2.30. The standard InChI is InChI=1S/C9H9F3N2O3/c10-9(11,12)7-6(5-15)17-8(13-7)14-1-3-16-4-2-14/h5H,1-4H2. The number of alkyl halides is 3. The smallest absolute Gasteiger partial charge is 0.420 e. The van der Waals surface area contributed by atoms with Gasteiger partial charge < -0.3 is 14.1 Å². The van der Waals surface area contributed by atoms with E-state index in [-0.39, 0.29) is 12.3 Å². The maximum Gasteiger partial charge on any atom is 0.437 e. The molecule has 0 aliphatic carbocycles. The fraction of sp³-hybridized carbons (Fsp3) is 0.556. The molecule has 8 heteroatoms. The number of carbonyl (C=O) groups is 1. The Hall–Kier alpha value is -1.57. The zero-order valence-corrected chi connectivity index (χ0v) is 8.66. The van der Waals surface area contributed by atoms with Crippen molar-refractivity contribution in [3.8, 4) is 0 Å². The summed E-state index contributed by atoms with van der Waals surface area (Å²) in [6.07, 6.45) is -4.68. The van der Waals surface area contributed by atoms with Gasteiger partial charge in [-0.1, -0.05) is 0 Å². The molecule has 2 rings (SSSR count). The van der Waals surface area contributed by atoms with Crippen molar-refractivity contribution in [2.24, 2.45) is 0 Å². The first-order valence-corrected chi connectivity index (χ1v) is 4.88. The highest BCUT2D eigenvalue weighted by Crippen LogP contribution is 2.33. The molecule has 1 aliphatic heterocycles. The van der Waals surface area contributed by atoms with Crippen LogP contribution in [-0.2, 0) is 10.9 Å². The van der Waals surface area contributed by atoms with Crippen LogP contribution in [0.4, 0.5) is 19.2 Å². The van der Waals surface area contributed by atoms with E-state index in [1.807, 2.05) is 0 Å². The molecule has 17 heavy (non-hydrogen) atoms. The number of anilines is 1. The normalized spacial score (nSPS) is 17.2. The second-order valence-electron chi connectivity index (χ2n) is 3.42. The van der Waals surface area contributed by atoms with E-state index >= 15 is 0 Å². The number of hydrogen-bond donors (Lipinski definition) is 0. The molecule has 0 N–H and O–H groups in total. The van der Waals surface area contributed by atoms with Crippen LogP contribution in [0.2, 0.25) is 0 Å². The van der Waals surface area contributed by atoms with E-state index in [0.717, 1.165) is 0 Å². The van der Waals surface area contributed by atoms with Gasteiger partial charge in [-0.15, -0.1) is 0 Å². The lowest BCUT2D eigenvalue weighted by atomic mass is 10.3. The molecule has 0 amide bonds. The zero-order chi connectivity index (χ0) is 12.5. The van der Waals surface area contributed by atoms with E-state index in [9.17, 15) is 18.0 Å². The number of oxazole rings is 1. The molecule has 1 saturated heterocycles. The van der Waals surface area contributed by atoms with E-state index in [4.69, 9.17) is 9.15 Å². The Morgan fingerprint density at radius 1 is 1.29 bits per heavy atom. The van der Waals surface area contributed by atoms with Gasteiger partial charge in [0.25, 0.3) is 6.01 Å². The lowest BCUT2D eigenvalue weighted by molar-refractivity contribution is -0.141. The highest BCUT2D eigenvalue weighted by Gasteiger charge is 2.39. The van der Waals surface area contributed by atoms with Gasteiger partial charge in [-0.05, 0) is 0 Å². The number of aromatic nitrogens is 1. The van der Waals surface area contributed by atoms with Gasteiger partial charge in [0.15, 0.2) is 12.0 Å². The second kappa shape index (κ2) is 4.36. The molecule has 1 fully saturated rings. The molecule has 0 aromatic carbocycles. The van der Waals surface area contributed by atoms with Crippen molar-refractivity contribution in [3.05, 3.63) is 11.5 Å². The van der Waals surface area contributed by atoms with Crippen LogP contribution in [0.25, 0.3) is 0 Å². The number of carbonyl (C=O) groups excluding carboxylic acids is 1. The van der Waals surface area contributed by atoms with E-state index in [1.165, 1.54) is 4.90 Å². The Balaban J connectivity index is 2.30. The predicted octanol–water partition coefficient (Wildman–Crippen LogP) is 1.34. The number of aldehydes is 1. The molecule has 0 spiro atoms. The molecule has 0 saturated carbocycles. The van der Waals surface area contributed by atoms with Crippen molar-refractivity contribution >= 4 is 12.3 Å². The van der Waals surface area contributed by atoms with Gasteiger partial charge in [0.1, 0.15) is 0 Å². The van der Waals surface area contributed by atoms with Gasteiger partial charge in [0, 0.05) is 13.1 Å². The maximum absolute atomic E-state index is 12.5. The van der Waals surface area contributed by atoms with Gasteiger partial charge in [0.05, 0.1) is 13.2 Å². The zero-order valence-electron chi connectivity index (χ0n) is 8.66. The van der Waals surface area contributed by atoms with Gasteiger partial charge >= 0.3 is 6.18 Å². The topological polar surface area (TPSA) is 55.6 Å². The molecule has 2 heterocycles. The third-order valence-corrected chi connectivity index (χ3v) is 2.30. The van der Waals surface area contributed by atoms with E-state index in [0.29, 0.717) is 26.3 Å². The van der Waals surface area contributed by atoms with Crippen LogP contribution < -0.4 is 4.90 Å². The lowest BCUT2D eigenvalue weighted by Gasteiger charge is -2.24. The number of ether oxygens (including phenoxy) is 1. The van der Waals surface area contributed by atoms with Crippen LogP contribution in [0.1, 0.15) is 16.2 Å². The molecule has 1 aromatic rings. The van der Waals surface area contributed by atoms with Gasteiger partial charge in [-0.2, -0.15) is 18.2 Å². The molecule has 0 atom stereocenters. The second-order valence-corrected chi connectivity index (χ2v) is 3.42. The average Bonchev–Trinajstić information content (AvgIpc) is 2.74. The monoisotopic (exact) mass is 250 g/mol. The maximum atomic E-state index is 12.5. The average molecular weight is 250 g/mol. The first kappa shape index (κ1) is 11.9. The third kappa shape index (κ3) is 2.41. The molecule has 1 aliphatic rings. The number of hydrogen-bond acceptors (Lipinski definition) is 5.